The van der Waals surface area contributed by atoms with Crippen molar-refractivity contribution in [3.63, 3.8) is 0 Å². The van der Waals surface area contributed by atoms with Gasteiger partial charge in [0, 0.05) is 19.1 Å². The maximum Gasteiger partial charge on any atom is 0.179 e. The van der Waals surface area contributed by atoms with E-state index in [2.05, 4.69) is 76.0 Å². The minimum Gasteiger partial charge on any atom is -0.365 e. The lowest BCUT2D eigenvalue weighted by Gasteiger charge is -2.32. The first-order valence-electron chi connectivity index (χ1n) is 11.9. The molecule has 1 saturated heterocycles. The largest absolute Gasteiger partial charge is 0.365 e. The Morgan fingerprint density at radius 3 is 2.73 bits per heavy atom. The molecular formula is C27H32FN5. The summed E-state index contributed by atoms with van der Waals surface area (Å²) in [7, 11) is 0. The molecule has 2 unspecified atom stereocenters. The van der Waals surface area contributed by atoms with E-state index >= 15 is 4.39 Å². The van der Waals surface area contributed by atoms with E-state index in [0.717, 1.165) is 37.8 Å². The van der Waals surface area contributed by atoms with Crippen molar-refractivity contribution in [2.45, 2.75) is 51.4 Å². The maximum absolute atomic E-state index is 15.6. The third-order valence-corrected chi connectivity index (χ3v) is 6.82. The van der Waals surface area contributed by atoms with Crippen LogP contribution < -0.4 is 16.4 Å². The van der Waals surface area contributed by atoms with Crippen molar-refractivity contribution in [3.8, 4) is 0 Å². The molecular weight excluding hydrogens is 413 g/mol. The summed E-state index contributed by atoms with van der Waals surface area (Å²) >= 11 is 0. The Bertz CT molecular complexity index is 1100. The quantitative estimate of drug-likeness (QED) is 0.567. The molecule has 6 heteroatoms. The van der Waals surface area contributed by atoms with Crippen LogP contribution in [0, 0.1) is 6.92 Å². The lowest BCUT2D eigenvalue weighted by atomic mass is 9.97. The van der Waals surface area contributed by atoms with Crippen LogP contribution in [-0.4, -0.2) is 30.5 Å². The van der Waals surface area contributed by atoms with E-state index in [1.807, 2.05) is 0 Å². The van der Waals surface area contributed by atoms with E-state index in [1.54, 1.807) is 6.34 Å². The fourth-order valence-electron chi connectivity index (χ4n) is 4.89. The van der Waals surface area contributed by atoms with Crippen LogP contribution in [0.4, 0.5) is 4.39 Å². The zero-order chi connectivity index (χ0) is 22.8. The molecule has 3 aliphatic rings. The molecule has 5 rings (SSSR count). The predicted octanol–water partition coefficient (Wildman–Crippen LogP) is 4.31. The number of aryl methyl sites for hydroxylation is 1. The Morgan fingerprint density at radius 1 is 1.18 bits per heavy atom. The van der Waals surface area contributed by atoms with Crippen LogP contribution in [0.15, 0.2) is 65.2 Å². The van der Waals surface area contributed by atoms with E-state index < -0.39 is 6.17 Å². The van der Waals surface area contributed by atoms with Gasteiger partial charge in [-0.3, -0.25) is 4.90 Å². The first kappa shape index (κ1) is 21.9. The predicted molar refractivity (Wildman–Crippen MR) is 132 cm³/mol. The molecule has 2 heterocycles. The maximum atomic E-state index is 15.6. The van der Waals surface area contributed by atoms with E-state index in [1.165, 1.54) is 27.8 Å². The summed E-state index contributed by atoms with van der Waals surface area (Å²) in [6.07, 6.45) is 7.29. The lowest BCUT2D eigenvalue weighted by molar-refractivity contribution is 0.184. The number of hydrogen-bond acceptors (Lipinski definition) is 5. The molecule has 2 aromatic rings. The molecule has 0 amide bonds. The standard InChI is InChI=1S/C27H32FN5/c1-18-4-9-22(15-23(18)21-10-11-21)24-3-2-14-33(24)27-25(28)26(31-17-32-27)30-16-20-7-5-19(6-8-20)12-13-29/h4-10,15,17,24,27,30H,2-3,11-14,16,29H2,1H3,(H,31,32). The summed E-state index contributed by atoms with van der Waals surface area (Å²) in [6.45, 7) is 4.18. The van der Waals surface area contributed by atoms with Crippen molar-refractivity contribution in [2.75, 3.05) is 13.1 Å². The number of rotatable bonds is 8. The highest BCUT2D eigenvalue weighted by Gasteiger charge is 2.36. The summed E-state index contributed by atoms with van der Waals surface area (Å²) in [6, 6.07) is 15.2. The Labute approximate surface area is 195 Å². The first-order chi connectivity index (χ1) is 16.1. The van der Waals surface area contributed by atoms with Crippen LogP contribution in [0.5, 0.6) is 0 Å². The molecule has 2 atom stereocenters. The Hall–Kier alpha value is -2.96. The summed E-state index contributed by atoms with van der Waals surface area (Å²) in [5, 5.41) is 6.20. The van der Waals surface area contributed by atoms with Gasteiger partial charge in [-0.05, 0) is 78.6 Å². The topological polar surface area (TPSA) is 65.7 Å². The number of hydrogen-bond donors (Lipinski definition) is 3. The molecule has 2 aliphatic heterocycles. The average molecular weight is 446 g/mol. The molecule has 0 bridgehead atoms. The molecule has 1 aliphatic carbocycles. The Balaban J connectivity index is 1.31. The Kier molecular flexibility index (Phi) is 6.29. The second-order valence-electron chi connectivity index (χ2n) is 9.13. The number of aliphatic imine (C=N–C) groups is 1. The lowest BCUT2D eigenvalue weighted by Crippen LogP contribution is -2.41. The third kappa shape index (κ3) is 4.72. The molecule has 0 radical (unpaired) electrons. The van der Waals surface area contributed by atoms with E-state index in [4.69, 9.17) is 5.73 Å². The summed E-state index contributed by atoms with van der Waals surface area (Å²) in [4.78, 5) is 6.69. The second-order valence-corrected chi connectivity index (χ2v) is 9.13. The number of nitrogens with one attached hydrogen (secondary N) is 2. The number of nitrogens with two attached hydrogens (primary N) is 1. The molecule has 33 heavy (non-hydrogen) atoms. The van der Waals surface area contributed by atoms with Crippen molar-refractivity contribution in [3.05, 3.63) is 88.0 Å². The molecule has 4 N–H and O–H groups in total. The van der Waals surface area contributed by atoms with Gasteiger partial charge in [-0.25, -0.2) is 9.38 Å². The zero-order valence-electron chi connectivity index (χ0n) is 19.2. The third-order valence-electron chi connectivity index (χ3n) is 6.82. The fraction of sp³-hybridized carbons (Fsp3) is 0.370. The van der Waals surface area contributed by atoms with Gasteiger partial charge in [0.15, 0.2) is 12.0 Å². The fourth-order valence-corrected chi connectivity index (χ4v) is 4.89. The minimum atomic E-state index is -0.599. The molecule has 172 valence electrons. The number of likely N-dealkylation sites (tertiary alicyclic amines) is 1. The zero-order valence-corrected chi connectivity index (χ0v) is 19.2. The number of halogens is 1. The SMILES string of the molecule is Cc1ccc(C2CCCN2C2N=CNC(NCc3ccc(CCN)cc3)=C2F)cc1C1=CC1. The highest BCUT2D eigenvalue weighted by molar-refractivity contribution is 5.79. The van der Waals surface area contributed by atoms with Crippen LogP contribution in [0.2, 0.25) is 0 Å². The van der Waals surface area contributed by atoms with E-state index in [-0.39, 0.29) is 11.9 Å². The van der Waals surface area contributed by atoms with Crippen LogP contribution in [0.3, 0.4) is 0 Å². The number of nitrogens with zero attached hydrogens (tertiary/aromatic N) is 2. The van der Waals surface area contributed by atoms with E-state index in [0.29, 0.717) is 18.9 Å². The number of benzene rings is 2. The van der Waals surface area contributed by atoms with Gasteiger partial charge in [-0.2, -0.15) is 0 Å². The Morgan fingerprint density at radius 2 is 1.97 bits per heavy atom. The van der Waals surface area contributed by atoms with Gasteiger partial charge in [0.05, 0.1) is 6.34 Å². The van der Waals surface area contributed by atoms with Gasteiger partial charge in [0.1, 0.15) is 5.82 Å². The number of allylic oxidation sites excluding steroid dienone is 2. The van der Waals surface area contributed by atoms with Crippen molar-refractivity contribution in [2.24, 2.45) is 10.7 Å². The minimum absolute atomic E-state index is 0.172. The van der Waals surface area contributed by atoms with Crippen molar-refractivity contribution < 1.29 is 4.39 Å². The molecule has 0 aromatic heterocycles. The molecule has 0 saturated carbocycles. The highest BCUT2D eigenvalue weighted by atomic mass is 19.1. The van der Waals surface area contributed by atoms with Crippen LogP contribution in [0.1, 0.15) is 53.1 Å². The van der Waals surface area contributed by atoms with Crippen molar-refractivity contribution in [1.82, 2.24) is 15.5 Å². The molecule has 5 nitrogen and oxygen atoms in total. The summed E-state index contributed by atoms with van der Waals surface area (Å²) in [5.74, 6) is 0.154. The molecule has 1 fully saturated rings. The first-order valence-corrected chi connectivity index (χ1v) is 11.9. The second kappa shape index (κ2) is 9.49. The summed E-state index contributed by atoms with van der Waals surface area (Å²) in [5.41, 5.74) is 13.3. The van der Waals surface area contributed by atoms with Crippen LogP contribution in [-0.2, 0) is 13.0 Å². The molecule has 2 aromatic carbocycles. The highest BCUT2D eigenvalue weighted by Crippen LogP contribution is 2.40. The summed E-state index contributed by atoms with van der Waals surface area (Å²) < 4.78 is 15.6. The van der Waals surface area contributed by atoms with Crippen molar-refractivity contribution >= 4 is 11.9 Å². The van der Waals surface area contributed by atoms with Gasteiger partial charge in [-0.1, -0.05) is 42.5 Å². The van der Waals surface area contributed by atoms with Gasteiger partial charge < -0.3 is 16.4 Å². The normalized spacial score (nSPS) is 22.3. The average Bonchev–Trinajstić information content (AvgIpc) is 3.56. The van der Waals surface area contributed by atoms with E-state index in [9.17, 15) is 0 Å². The van der Waals surface area contributed by atoms with Gasteiger partial charge in [0.25, 0.3) is 0 Å². The smallest absolute Gasteiger partial charge is 0.179 e. The molecule has 0 spiro atoms. The monoisotopic (exact) mass is 445 g/mol. The van der Waals surface area contributed by atoms with Gasteiger partial charge in [0.2, 0.25) is 0 Å². The van der Waals surface area contributed by atoms with Gasteiger partial charge >= 0.3 is 0 Å². The van der Waals surface area contributed by atoms with Gasteiger partial charge in [-0.15, -0.1) is 0 Å². The van der Waals surface area contributed by atoms with Crippen molar-refractivity contribution in [1.29, 1.82) is 0 Å². The van der Waals surface area contributed by atoms with Crippen LogP contribution >= 0.6 is 0 Å². The van der Waals surface area contributed by atoms with Crippen LogP contribution in [0.25, 0.3) is 5.57 Å².